The van der Waals surface area contributed by atoms with Crippen molar-refractivity contribution < 1.29 is 32.6 Å². The first-order chi connectivity index (χ1) is 13.0. The highest BCUT2D eigenvalue weighted by atomic mass is 32.2. The van der Waals surface area contributed by atoms with E-state index in [-0.39, 0.29) is 22.4 Å². The molecule has 2 aliphatic rings. The SMILES string of the molecule is O=[N+]([O-])c1ccc(S(=O)(=O)CC(C[NH+]2CCOCC2)[NH+]2CCOCC2)cc1. The maximum absolute atomic E-state index is 13.0. The van der Waals surface area contributed by atoms with Crippen LogP contribution in [-0.2, 0) is 19.3 Å². The predicted molar refractivity (Wildman–Crippen MR) is 96.8 cm³/mol. The van der Waals surface area contributed by atoms with Crippen LogP contribution in [-0.4, -0.2) is 84.3 Å². The number of nitro groups is 1. The highest BCUT2D eigenvalue weighted by molar-refractivity contribution is 7.91. The number of hydrogen-bond acceptors (Lipinski definition) is 6. The lowest BCUT2D eigenvalue weighted by atomic mass is 10.2. The number of benzene rings is 1. The molecule has 0 amide bonds. The van der Waals surface area contributed by atoms with Gasteiger partial charge in [0.1, 0.15) is 38.5 Å². The Morgan fingerprint density at radius 2 is 1.56 bits per heavy atom. The molecule has 2 heterocycles. The molecular weight excluding hydrogens is 374 g/mol. The first kappa shape index (κ1) is 20.2. The number of morpholine rings is 2. The molecule has 0 radical (unpaired) electrons. The molecule has 150 valence electrons. The highest BCUT2D eigenvalue weighted by Gasteiger charge is 2.34. The topological polar surface area (TPSA) is 105 Å². The smallest absolute Gasteiger partial charge is 0.269 e. The molecule has 0 saturated carbocycles. The number of ether oxygens (including phenoxy) is 2. The van der Waals surface area contributed by atoms with Crippen molar-refractivity contribution in [3.05, 3.63) is 34.4 Å². The Kier molecular flexibility index (Phi) is 6.77. The largest absolute Gasteiger partial charge is 0.370 e. The molecule has 1 aromatic rings. The summed E-state index contributed by atoms with van der Waals surface area (Å²) in [6.07, 6.45) is 0. The number of sulfone groups is 1. The van der Waals surface area contributed by atoms with Crippen molar-refractivity contribution in [2.45, 2.75) is 10.9 Å². The summed E-state index contributed by atoms with van der Waals surface area (Å²) in [6, 6.07) is 5.12. The van der Waals surface area contributed by atoms with Gasteiger partial charge in [-0.15, -0.1) is 0 Å². The molecule has 1 atom stereocenters. The summed E-state index contributed by atoms with van der Waals surface area (Å²) in [6.45, 7) is 6.82. The number of nitrogens with one attached hydrogen (secondary N) is 2. The van der Waals surface area contributed by atoms with E-state index in [4.69, 9.17) is 9.47 Å². The van der Waals surface area contributed by atoms with Crippen LogP contribution in [0, 0.1) is 10.1 Å². The van der Waals surface area contributed by atoms with Crippen molar-refractivity contribution >= 4 is 15.5 Å². The average molecular weight is 401 g/mol. The molecular formula is C17H27N3O6S+2. The van der Waals surface area contributed by atoms with E-state index in [0.29, 0.717) is 26.4 Å². The van der Waals surface area contributed by atoms with E-state index in [0.717, 1.165) is 32.7 Å². The summed E-state index contributed by atoms with van der Waals surface area (Å²) in [4.78, 5) is 13.0. The Bertz CT molecular complexity index is 728. The number of nitro benzene ring substituents is 1. The van der Waals surface area contributed by atoms with Crippen molar-refractivity contribution in [2.75, 3.05) is 64.9 Å². The Hall–Kier alpha value is -1.59. The Balaban J connectivity index is 1.75. The lowest BCUT2D eigenvalue weighted by Gasteiger charge is -2.34. The number of rotatable bonds is 7. The summed E-state index contributed by atoms with van der Waals surface area (Å²) >= 11 is 0. The lowest BCUT2D eigenvalue weighted by molar-refractivity contribution is -0.981. The molecule has 27 heavy (non-hydrogen) atoms. The zero-order valence-electron chi connectivity index (χ0n) is 15.3. The minimum Gasteiger partial charge on any atom is -0.370 e. The van der Waals surface area contributed by atoms with E-state index in [9.17, 15) is 18.5 Å². The summed E-state index contributed by atoms with van der Waals surface area (Å²) in [5, 5.41) is 10.8. The van der Waals surface area contributed by atoms with Crippen molar-refractivity contribution in [3.8, 4) is 0 Å². The van der Waals surface area contributed by atoms with Gasteiger partial charge in [-0.3, -0.25) is 10.1 Å². The molecule has 2 saturated heterocycles. The van der Waals surface area contributed by atoms with Gasteiger partial charge in [0.15, 0.2) is 15.9 Å². The van der Waals surface area contributed by atoms with Crippen molar-refractivity contribution in [1.29, 1.82) is 0 Å². The predicted octanol–water partition coefficient (Wildman–Crippen LogP) is -2.43. The summed E-state index contributed by atoms with van der Waals surface area (Å²) in [5.41, 5.74) is -0.109. The molecule has 0 aromatic heterocycles. The van der Waals surface area contributed by atoms with Crippen LogP contribution in [0.1, 0.15) is 0 Å². The summed E-state index contributed by atoms with van der Waals surface area (Å²) in [7, 11) is -3.53. The number of nitrogens with zero attached hydrogens (tertiary/aromatic N) is 1. The third kappa shape index (κ3) is 5.45. The van der Waals surface area contributed by atoms with Crippen LogP contribution in [0.15, 0.2) is 29.2 Å². The van der Waals surface area contributed by atoms with Crippen LogP contribution in [0.3, 0.4) is 0 Å². The second-order valence-corrected chi connectivity index (χ2v) is 9.10. The molecule has 2 fully saturated rings. The van der Waals surface area contributed by atoms with Gasteiger partial charge in [0.25, 0.3) is 5.69 Å². The first-order valence-electron chi connectivity index (χ1n) is 9.26. The van der Waals surface area contributed by atoms with E-state index >= 15 is 0 Å². The Morgan fingerprint density at radius 3 is 2.11 bits per heavy atom. The second kappa shape index (κ2) is 9.07. The van der Waals surface area contributed by atoms with Crippen LogP contribution < -0.4 is 9.80 Å². The van der Waals surface area contributed by atoms with Crippen LogP contribution in [0.4, 0.5) is 5.69 Å². The van der Waals surface area contributed by atoms with Gasteiger partial charge in [-0.05, 0) is 12.1 Å². The van der Waals surface area contributed by atoms with Crippen molar-refractivity contribution in [3.63, 3.8) is 0 Å². The molecule has 3 rings (SSSR count). The van der Waals surface area contributed by atoms with Gasteiger partial charge in [-0.2, -0.15) is 0 Å². The lowest BCUT2D eigenvalue weighted by Crippen LogP contribution is -3.25. The van der Waals surface area contributed by atoms with Crippen LogP contribution in [0.25, 0.3) is 0 Å². The molecule has 1 aromatic carbocycles. The molecule has 0 bridgehead atoms. The monoisotopic (exact) mass is 401 g/mol. The average Bonchev–Trinajstić information content (AvgIpc) is 2.69. The zero-order chi connectivity index (χ0) is 19.3. The minimum atomic E-state index is -3.53. The van der Waals surface area contributed by atoms with Gasteiger partial charge in [-0.1, -0.05) is 0 Å². The van der Waals surface area contributed by atoms with E-state index in [1.54, 1.807) is 0 Å². The van der Waals surface area contributed by atoms with Crippen LogP contribution >= 0.6 is 0 Å². The highest BCUT2D eigenvalue weighted by Crippen LogP contribution is 2.17. The van der Waals surface area contributed by atoms with Gasteiger partial charge in [0, 0.05) is 12.1 Å². The summed E-state index contributed by atoms with van der Waals surface area (Å²) in [5.74, 6) is 0.0322. The summed E-state index contributed by atoms with van der Waals surface area (Å²) < 4.78 is 36.8. The van der Waals surface area contributed by atoms with Gasteiger partial charge in [0.05, 0.1) is 36.2 Å². The third-order valence-corrected chi connectivity index (χ3v) is 7.11. The molecule has 9 nitrogen and oxygen atoms in total. The van der Waals surface area contributed by atoms with Crippen LogP contribution in [0.2, 0.25) is 0 Å². The normalized spacial score (nSPS) is 21.0. The zero-order valence-corrected chi connectivity index (χ0v) is 16.1. The fourth-order valence-corrected chi connectivity index (χ4v) is 5.34. The van der Waals surface area contributed by atoms with Crippen LogP contribution in [0.5, 0.6) is 0 Å². The fraction of sp³-hybridized carbons (Fsp3) is 0.647. The molecule has 1 unspecified atom stereocenters. The van der Waals surface area contributed by atoms with E-state index in [2.05, 4.69) is 0 Å². The van der Waals surface area contributed by atoms with Crippen molar-refractivity contribution in [2.24, 2.45) is 0 Å². The maximum atomic E-state index is 13.0. The third-order valence-electron chi connectivity index (χ3n) is 5.27. The second-order valence-electron chi connectivity index (χ2n) is 7.07. The Labute approximate surface area is 158 Å². The number of non-ortho nitro benzene ring substituents is 1. The van der Waals surface area contributed by atoms with Crippen molar-refractivity contribution in [1.82, 2.24) is 0 Å². The first-order valence-corrected chi connectivity index (χ1v) is 10.9. The van der Waals surface area contributed by atoms with Gasteiger partial charge >= 0.3 is 0 Å². The molecule has 0 spiro atoms. The molecule has 0 aliphatic carbocycles. The van der Waals surface area contributed by atoms with Gasteiger partial charge in [-0.25, -0.2) is 8.42 Å². The van der Waals surface area contributed by atoms with E-state index < -0.39 is 14.8 Å². The quantitative estimate of drug-likeness (QED) is 0.389. The maximum Gasteiger partial charge on any atom is 0.269 e. The number of hydrogen-bond donors (Lipinski definition) is 2. The Morgan fingerprint density at radius 1 is 1.00 bits per heavy atom. The van der Waals surface area contributed by atoms with Gasteiger partial charge in [0.2, 0.25) is 0 Å². The minimum absolute atomic E-state index is 0.0322. The fourth-order valence-electron chi connectivity index (χ4n) is 3.71. The number of quaternary nitrogens is 2. The molecule has 10 heteroatoms. The van der Waals surface area contributed by atoms with E-state index in [1.807, 2.05) is 0 Å². The molecule has 2 N–H and O–H groups in total. The van der Waals surface area contributed by atoms with Gasteiger partial charge < -0.3 is 19.3 Å². The molecule has 2 aliphatic heterocycles. The van der Waals surface area contributed by atoms with E-state index in [1.165, 1.54) is 34.1 Å². The standard InChI is InChI=1S/C17H25N3O6S/c21-20(22)15-1-3-17(4-2-15)27(23,24)14-16(19-7-11-26-12-8-19)13-18-5-9-25-10-6-18/h1-4,16H,5-14H2/p+2.